The topological polar surface area (TPSA) is 61.4 Å². The molecular weight excluding hydrogens is 350 g/mol. The number of nitrogens with zero attached hydrogens (tertiary/aromatic N) is 1. The molecule has 138 valence electrons. The molecular formula is C20H24ClN3O2. The van der Waals surface area contributed by atoms with E-state index < -0.39 is 0 Å². The summed E-state index contributed by atoms with van der Waals surface area (Å²) in [5.41, 5.74) is 2.85. The first-order valence-electron chi connectivity index (χ1n) is 8.43. The second kappa shape index (κ2) is 9.36. The van der Waals surface area contributed by atoms with Gasteiger partial charge in [-0.15, -0.1) is 0 Å². The van der Waals surface area contributed by atoms with Gasteiger partial charge in [0.05, 0.1) is 19.1 Å². The summed E-state index contributed by atoms with van der Waals surface area (Å²) in [6.45, 7) is 4.17. The molecule has 5 nitrogen and oxygen atoms in total. The minimum absolute atomic E-state index is 0.130. The van der Waals surface area contributed by atoms with Gasteiger partial charge in [0, 0.05) is 10.7 Å². The molecule has 0 aliphatic heterocycles. The van der Waals surface area contributed by atoms with E-state index in [9.17, 15) is 9.59 Å². The van der Waals surface area contributed by atoms with Crippen LogP contribution in [0.25, 0.3) is 0 Å². The third kappa shape index (κ3) is 6.50. The van der Waals surface area contributed by atoms with Crippen molar-refractivity contribution in [2.75, 3.05) is 25.5 Å². The Hall–Kier alpha value is -2.37. The van der Waals surface area contributed by atoms with Crippen molar-refractivity contribution in [3.63, 3.8) is 0 Å². The fourth-order valence-corrected chi connectivity index (χ4v) is 2.63. The summed E-state index contributed by atoms with van der Waals surface area (Å²) in [5.74, 6) is -0.298. The smallest absolute Gasteiger partial charge is 0.238 e. The number of hydrogen-bond acceptors (Lipinski definition) is 3. The second-order valence-electron chi connectivity index (χ2n) is 6.43. The fourth-order valence-electron chi connectivity index (χ4n) is 2.51. The number of hydrogen-bond donors (Lipinski definition) is 2. The van der Waals surface area contributed by atoms with Crippen LogP contribution in [-0.2, 0) is 9.59 Å². The molecule has 0 fully saturated rings. The summed E-state index contributed by atoms with van der Waals surface area (Å²) in [6, 6.07) is 14.8. The average Bonchev–Trinajstić information content (AvgIpc) is 2.57. The van der Waals surface area contributed by atoms with Crippen molar-refractivity contribution < 1.29 is 9.59 Å². The Morgan fingerprint density at radius 1 is 1.00 bits per heavy atom. The van der Waals surface area contributed by atoms with E-state index >= 15 is 0 Å². The molecule has 0 aliphatic rings. The maximum Gasteiger partial charge on any atom is 0.238 e. The molecule has 0 radical (unpaired) electrons. The zero-order chi connectivity index (χ0) is 19.1. The van der Waals surface area contributed by atoms with E-state index in [4.69, 9.17) is 11.6 Å². The summed E-state index contributed by atoms with van der Waals surface area (Å²) in [5, 5.41) is 6.40. The highest BCUT2D eigenvalue weighted by Gasteiger charge is 2.14. The monoisotopic (exact) mass is 373 g/mol. The van der Waals surface area contributed by atoms with E-state index in [0.717, 1.165) is 16.8 Å². The largest absolute Gasteiger partial charge is 0.348 e. The summed E-state index contributed by atoms with van der Waals surface area (Å²) in [6.07, 6.45) is 0. The molecule has 26 heavy (non-hydrogen) atoms. The van der Waals surface area contributed by atoms with Gasteiger partial charge in [0.2, 0.25) is 11.8 Å². The van der Waals surface area contributed by atoms with Crippen LogP contribution in [0.4, 0.5) is 5.69 Å². The number of carbonyl (C=O) groups excluding carboxylic acids is 2. The molecule has 2 rings (SSSR count). The van der Waals surface area contributed by atoms with E-state index in [1.165, 1.54) is 0 Å². The van der Waals surface area contributed by atoms with Gasteiger partial charge in [-0.25, -0.2) is 0 Å². The van der Waals surface area contributed by atoms with Gasteiger partial charge in [0.1, 0.15) is 0 Å². The van der Waals surface area contributed by atoms with Crippen LogP contribution >= 0.6 is 11.6 Å². The normalized spacial score (nSPS) is 11.9. The second-order valence-corrected chi connectivity index (χ2v) is 6.86. The lowest BCUT2D eigenvalue weighted by atomic mass is 10.1. The summed E-state index contributed by atoms with van der Waals surface area (Å²) < 4.78 is 0. The highest BCUT2D eigenvalue weighted by Crippen LogP contribution is 2.15. The third-order valence-corrected chi connectivity index (χ3v) is 4.16. The Balaban J connectivity index is 1.78. The average molecular weight is 374 g/mol. The first-order chi connectivity index (χ1) is 12.3. The summed E-state index contributed by atoms with van der Waals surface area (Å²) in [4.78, 5) is 25.9. The van der Waals surface area contributed by atoms with Crippen molar-refractivity contribution in [2.45, 2.75) is 19.9 Å². The Kier molecular flexibility index (Phi) is 7.18. The molecule has 0 saturated heterocycles. The van der Waals surface area contributed by atoms with Crippen molar-refractivity contribution in [1.82, 2.24) is 10.2 Å². The number of benzene rings is 2. The molecule has 2 aromatic carbocycles. The van der Waals surface area contributed by atoms with E-state index in [-0.39, 0.29) is 30.9 Å². The molecule has 1 atom stereocenters. The van der Waals surface area contributed by atoms with Gasteiger partial charge in [-0.05, 0) is 50.7 Å². The summed E-state index contributed by atoms with van der Waals surface area (Å²) >= 11 is 5.87. The summed E-state index contributed by atoms with van der Waals surface area (Å²) in [7, 11) is 1.74. The predicted molar refractivity (Wildman–Crippen MR) is 105 cm³/mol. The molecule has 2 N–H and O–H groups in total. The molecule has 0 aliphatic carbocycles. The van der Waals surface area contributed by atoms with Crippen molar-refractivity contribution in [2.24, 2.45) is 0 Å². The molecule has 6 heteroatoms. The number of amides is 2. The molecule has 0 unspecified atom stereocenters. The molecule has 0 spiro atoms. The van der Waals surface area contributed by atoms with Crippen LogP contribution in [-0.4, -0.2) is 36.9 Å². The molecule has 2 amide bonds. The van der Waals surface area contributed by atoms with Gasteiger partial charge in [-0.1, -0.05) is 41.4 Å². The van der Waals surface area contributed by atoms with Crippen molar-refractivity contribution in [3.8, 4) is 0 Å². The van der Waals surface area contributed by atoms with Crippen LogP contribution in [0.1, 0.15) is 24.1 Å². The number of rotatable bonds is 7. The first kappa shape index (κ1) is 19.9. The number of halogens is 1. The predicted octanol–water partition coefficient (Wildman–Crippen LogP) is 3.40. The lowest BCUT2D eigenvalue weighted by Crippen LogP contribution is -2.39. The maximum absolute atomic E-state index is 12.2. The Bertz CT molecular complexity index is 745. The molecule has 0 saturated carbocycles. The van der Waals surface area contributed by atoms with Crippen LogP contribution < -0.4 is 10.6 Å². The van der Waals surface area contributed by atoms with E-state index in [2.05, 4.69) is 10.6 Å². The van der Waals surface area contributed by atoms with Crippen LogP contribution in [0.2, 0.25) is 5.02 Å². The van der Waals surface area contributed by atoms with Gasteiger partial charge in [0.15, 0.2) is 0 Å². The zero-order valence-corrected chi connectivity index (χ0v) is 16.0. The van der Waals surface area contributed by atoms with Crippen molar-refractivity contribution in [3.05, 3.63) is 64.7 Å². The maximum atomic E-state index is 12.2. The van der Waals surface area contributed by atoms with E-state index in [1.807, 2.05) is 50.2 Å². The van der Waals surface area contributed by atoms with Gasteiger partial charge < -0.3 is 10.6 Å². The van der Waals surface area contributed by atoms with Crippen molar-refractivity contribution in [1.29, 1.82) is 0 Å². The van der Waals surface area contributed by atoms with Gasteiger partial charge in [-0.2, -0.15) is 0 Å². The highest BCUT2D eigenvalue weighted by molar-refractivity contribution is 6.30. The number of likely N-dealkylation sites (N-methyl/N-ethyl adjacent to an activating group) is 1. The van der Waals surface area contributed by atoms with Crippen LogP contribution in [0, 0.1) is 6.92 Å². The Morgan fingerprint density at radius 2 is 1.58 bits per heavy atom. The minimum atomic E-state index is -0.157. The van der Waals surface area contributed by atoms with Crippen LogP contribution in [0.5, 0.6) is 0 Å². The highest BCUT2D eigenvalue weighted by atomic mass is 35.5. The minimum Gasteiger partial charge on any atom is -0.348 e. The Labute approximate surface area is 159 Å². The molecule has 0 aromatic heterocycles. The van der Waals surface area contributed by atoms with E-state index in [0.29, 0.717) is 5.02 Å². The lowest BCUT2D eigenvalue weighted by molar-refractivity contribution is -0.123. The van der Waals surface area contributed by atoms with Crippen molar-refractivity contribution >= 4 is 29.1 Å². The zero-order valence-electron chi connectivity index (χ0n) is 15.3. The van der Waals surface area contributed by atoms with Gasteiger partial charge in [0.25, 0.3) is 0 Å². The SMILES string of the molecule is Cc1ccc(NC(=O)CN(C)CC(=O)N[C@H](C)c2ccc(Cl)cc2)cc1. The van der Waals surface area contributed by atoms with Crippen LogP contribution in [0.3, 0.4) is 0 Å². The van der Waals surface area contributed by atoms with E-state index in [1.54, 1.807) is 24.1 Å². The number of carbonyl (C=O) groups is 2. The lowest BCUT2D eigenvalue weighted by Gasteiger charge is -2.19. The molecule has 0 bridgehead atoms. The number of aryl methyl sites for hydroxylation is 1. The van der Waals surface area contributed by atoms with Crippen LogP contribution in [0.15, 0.2) is 48.5 Å². The standard InChI is InChI=1S/C20H24ClN3O2/c1-14-4-10-18(11-5-14)23-20(26)13-24(3)12-19(25)22-15(2)16-6-8-17(21)9-7-16/h4-11,15H,12-13H2,1-3H3,(H,22,25)(H,23,26)/t15-/m1/s1. The quantitative estimate of drug-likeness (QED) is 0.782. The molecule has 2 aromatic rings. The first-order valence-corrected chi connectivity index (χ1v) is 8.81. The number of anilines is 1. The van der Waals surface area contributed by atoms with Gasteiger partial charge >= 0.3 is 0 Å². The third-order valence-electron chi connectivity index (χ3n) is 3.91. The van der Waals surface area contributed by atoms with Gasteiger partial charge in [-0.3, -0.25) is 14.5 Å². The molecule has 0 heterocycles. The number of nitrogens with one attached hydrogen (secondary N) is 2. The fraction of sp³-hybridized carbons (Fsp3) is 0.300. The Morgan fingerprint density at radius 3 is 2.19 bits per heavy atom.